The van der Waals surface area contributed by atoms with Crippen molar-refractivity contribution < 1.29 is 0 Å². The van der Waals surface area contributed by atoms with E-state index in [1.54, 1.807) is 16.0 Å². The van der Waals surface area contributed by atoms with Gasteiger partial charge in [-0.05, 0) is 44.2 Å². The Labute approximate surface area is 86.0 Å². The Morgan fingerprint density at radius 3 is 2.38 bits per heavy atom. The van der Waals surface area contributed by atoms with Crippen LogP contribution in [0.3, 0.4) is 0 Å². The zero-order valence-corrected chi connectivity index (χ0v) is 10.1. The van der Waals surface area contributed by atoms with E-state index in [2.05, 4.69) is 27.7 Å². The molecule has 74 valence electrons. The molecule has 0 aliphatic rings. The van der Waals surface area contributed by atoms with Gasteiger partial charge < -0.3 is 0 Å². The zero-order valence-electron chi connectivity index (χ0n) is 9.24. The van der Waals surface area contributed by atoms with Crippen molar-refractivity contribution in [2.45, 2.75) is 53.4 Å². The maximum Gasteiger partial charge on any atom is 0.00800 e. The Kier molecular flexibility index (Phi) is 3.98. The Hall–Kier alpha value is -0.300. The first kappa shape index (κ1) is 10.8. The fourth-order valence-electron chi connectivity index (χ4n) is 1.71. The molecule has 1 aromatic rings. The van der Waals surface area contributed by atoms with Gasteiger partial charge in [0.05, 0.1) is 0 Å². The van der Waals surface area contributed by atoms with Crippen molar-refractivity contribution in [3.8, 4) is 0 Å². The highest BCUT2D eigenvalue weighted by molar-refractivity contribution is 7.12. The summed E-state index contributed by atoms with van der Waals surface area (Å²) in [6.45, 7) is 9.05. The van der Waals surface area contributed by atoms with Crippen molar-refractivity contribution in [1.82, 2.24) is 0 Å². The third-order valence-corrected chi connectivity index (χ3v) is 4.09. The van der Waals surface area contributed by atoms with Crippen molar-refractivity contribution in [3.05, 3.63) is 20.9 Å². The van der Waals surface area contributed by atoms with Crippen LogP contribution in [0.1, 0.15) is 47.6 Å². The zero-order chi connectivity index (χ0) is 9.84. The topological polar surface area (TPSA) is 0 Å². The summed E-state index contributed by atoms with van der Waals surface area (Å²) in [5.41, 5.74) is 3.20. The molecule has 0 unspecified atom stereocenters. The largest absolute Gasteiger partial charge is 0.145 e. The second-order valence-electron chi connectivity index (χ2n) is 3.64. The molecule has 0 atom stereocenters. The van der Waals surface area contributed by atoms with Crippen LogP contribution in [0.25, 0.3) is 0 Å². The van der Waals surface area contributed by atoms with Gasteiger partial charge in [0.1, 0.15) is 0 Å². The van der Waals surface area contributed by atoms with Gasteiger partial charge >= 0.3 is 0 Å². The van der Waals surface area contributed by atoms with Gasteiger partial charge in [-0.15, -0.1) is 11.3 Å². The second-order valence-corrected chi connectivity index (χ2v) is 4.95. The molecule has 1 aromatic heterocycles. The minimum absolute atomic E-state index is 1.21. The van der Waals surface area contributed by atoms with E-state index in [1.807, 2.05) is 11.3 Å². The van der Waals surface area contributed by atoms with Gasteiger partial charge in [-0.25, -0.2) is 0 Å². The summed E-state index contributed by atoms with van der Waals surface area (Å²) < 4.78 is 0. The molecule has 1 heteroatoms. The summed E-state index contributed by atoms with van der Waals surface area (Å²) in [6.07, 6.45) is 5.13. The van der Waals surface area contributed by atoms with Crippen LogP contribution in [0.5, 0.6) is 0 Å². The molecule has 0 aromatic carbocycles. The van der Waals surface area contributed by atoms with Gasteiger partial charge in [-0.2, -0.15) is 0 Å². The van der Waals surface area contributed by atoms with Gasteiger partial charge in [0.2, 0.25) is 0 Å². The lowest BCUT2D eigenvalue weighted by molar-refractivity contribution is 0.787. The molecular formula is C12H20S. The Morgan fingerprint density at radius 2 is 1.85 bits per heavy atom. The number of unbranched alkanes of at least 4 members (excludes halogenated alkanes) is 1. The van der Waals surface area contributed by atoms with Gasteiger partial charge in [-0.1, -0.05) is 20.3 Å². The number of hydrogen-bond acceptors (Lipinski definition) is 1. The first-order chi connectivity index (χ1) is 6.20. The van der Waals surface area contributed by atoms with Gasteiger partial charge in [0.15, 0.2) is 0 Å². The van der Waals surface area contributed by atoms with Crippen LogP contribution < -0.4 is 0 Å². The maximum absolute atomic E-state index is 2.27. The molecule has 0 fully saturated rings. The normalized spacial score (nSPS) is 10.8. The first-order valence-corrected chi connectivity index (χ1v) is 6.10. The van der Waals surface area contributed by atoms with E-state index in [0.29, 0.717) is 0 Å². The molecule has 0 N–H and O–H groups in total. The lowest BCUT2D eigenvalue weighted by Gasteiger charge is -2.02. The Balaban J connectivity index is 2.88. The smallest absolute Gasteiger partial charge is 0.00800 e. The van der Waals surface area contributed by atoms with E-state index in [0.717, 1.165) is 0 Å². The third-order valence-electron chi connectivity index (χ3n) is 2.70. The van der Waals surface area contributed by atoms with Crippen LogP contribution in [-0.4, -0.2) is 0 Å². The predicted octanol–water partition coefficient (Wildman–Crippen LogP) is 4.27. The molecule has 13 heavy (non-hydrogen) atoms. The fourth-order valence-corrected chi connectivity index (χ4v) is 2.88. The summed E-state index contributed by atoms with van der Waals surface area (Å²) in [4.78, 5) is 3.13. The highest BCUT2D eigenvalue weighted by atomic mass is 32.1. The van der Waals surface area contributed by atoms with Crippen LogP contribution in [-0.2, 0) is 12.8 Å². The third kappa shape index (κ3) is 2.34. The van der Waals surface area contributed by atoms with E-state index in [4.69, 9.17) is 0 Å². The molecule has 0 saturated carbocycles. The molecule has 0 aliphatic carbocycles. The molecule has 0 bridgehead atoms. The summed E-state index contributed by atoms with van der Waals surface area (Å²) in [5.74, 6) is 0. The summed E-state index contributed by atoms with van der Waals surface area (Å²) in [7, 11) is 0. The summed E-state index contributed by atoms with van der Waals surface area (Å²) in [5, 5.41) is 0. The monoisotopic (exact) mass is 196 g/mol. The number of aryl methyl sites for hydroxylation is 2. The predicted molar refractivity (Wildman–Crippen MR) is 61.8 cm³/mol. The van der Waals surface area contributed by atoms with Crippen LogP contribution in [0.15, 0.2) is 0 Å². The fraction of sp³-hybridized carbons (Fsp3) is 0.667. The molecular weight excluding hydrogens is 176 g/mol. The van der Waals surface area contributed by atoms with Crippen molar-refractivity contribution >= 4 is 11.3 Å². The van der Waals surface area contributed by atoms with E-state index in [-0.39, 0.29) is 0 Å². The molecule has 0 aliphatic heterocycles. The molecule has 0 nitrogen and oxygen atoms in total. The number of thiophene rings is 1. The van der Waals surface area contributed by atoms with Gasteiger partial charge in [-0.3, -0.25) is 0 Å². The Bertz CT molecular complexity index is 271. The highest BCUT2D eigenvalue weighted by Crippen LogP contribution is 2.28. The molecule has 0 radical (unpaired) electrons. The lowest BCUT2D eigenvalue weighted by atomic mass is 10.0. The molecule has 0 amide bonds. The minimum Gasteiger partial charge on any atom is -0.145 e. The molecule has 0 saturated heterocycles. The Morgan fingerprint density at radius 1 is 1.15 bits per heavy atom. The number of hydrogen-bond donors (Lipinski definition) is 0. The van der Waals surface area contributed by atoms with Gasteiger partial charge in [0, 0.05) is 9.75 Å². The maximum atomic E-state index is 2.27. The SMILES string of the molecule is CCCCc1c(CC)sc(C)c1C. The van der Waals surface area contributed by atoms with Crippen LogP contribution >= 0.6 is 11.3 Å². The van der Waals surface area contributed by atoms with Crippen LogP contribution in [0.4, 0.5) is 0 Å². The molecule has 1 rings (SSSR count). The molecule has 0 spiro atoms. The van der Waals surface area contributed by atoms with E-state index >= 15 is 0 Å². The van der Waals surface area contributed by atoms with Crippen molar-refractivity contribution in [2.75, 3.05) is 0 Å². The van der Waals surface area contributed by atoms with Crippen molar-refractivity contribution in [1.29, 1.82) is 0 Å². The van der Waals surface area contributed by atoms with Gasteiger partial charge in [0.25, 0.3) is 0 Å². The van der Waals surface area contributed by atoms with Crippen LogP contribution in [0, 0.1) is 13.8 Å². The highest BCUT2D eigenvalue weighted by Gasteiger charge is 2.09. The van der Waals surface area contributed by atoms with E-state index in [9.17, 15) is 0 Å². The van der Waals surface area contributed by atoms with E-state index < -0.39 is 0 Å². The summed E-state index contributed by atoms with van der Waals surface area (Å²) >= 11 is 1.99. The average Bonchev–Trinajstić information content (AvgIpc) is 2.40. The second kappa shape index (κ2) is 4.80. The number of rotatable bonds is 4. The minimum atomic E-state index is 1.21. The first-order valence-electron chi connectivity index (χ1n) is 5.28. The summed E-state index contributed by atoms with van der Waals surface area (Å²) in [6, 6.07) is 0. The standard InChI is InChI=1S/C12H20S/c1-5-7-8-11-9(3)10(4)13-12(11)6-2/h5-8H2,1-4H3. The quantitative estimate of drug-likeness (QED) is 0.674. The molecule has 1 heterocycles. The van der Waals surface area contributed by atoms with Crippen molar-refractivity contribution in [2.24, 2.45) is 0 Å². The van der Waals surface area contributed by atoms with Crippen LogP contribution in [0.2, 0.25) is 0 Å². The van der Waals surface area contributed by atoms with Crippen molar-refractivity contribution in [3.63, 3.8) is 0 Å². The van der Waals surface area contributed by atoms with E-state index in [1.165, 1.54) is 30.6 Å². The average molecular weight is 196 g/mol. The lowest BCUT2D eigenvalue weighted by Crippen LogP contribution is -1.90.